The Labute approximate surface area is 127 Å². The van der Waals surface area contributed by atoms with Gasteiger partial charge in [0.05, 0.1) is 18.0 Å². The topological polar surface area (TPSA) is 97.0 Å². The van der Waals surface area contributed by atoms with Crippen molar-refractivity contribution in [3.8, 4) is 11.6 Å². The van der Waals surface area contributed by atoms with E-state index >= 15 is 0 Å². The van der Waals surface area contributed by atoms with Gasteiger partial charge in [-0.05, 0) is 19.1 Å². The molecule has 3 N–H and O–H groups in total. The van der Waals surface area contributed by atoms with Crippen LogP contribution >= 0.6 is 0 Å². The van der Waals surface area contributed by atoms with Gasteiger partial charge >= 0.3 is 0 Å². The first-order chi connectivity index (χ1) is 10.6. The van der Waals surface area contributed by atoms with Gasteiger partial charge in [0.2, 0.25) is 12.2 Å². The van der Waals surface area contributed by atoms with Gasteiger partial charge in [0.1, 0.15) is 18.3 Å². The van der Waals surface area contributed by atoms with Crippen molar-refractivity contribution < 1.29 is 24.8 Å². The molecule has 22 heavy (non-hydrogen) atoms. The molecule has 0 radical (unpaired) electrons. The van der Waals surface area contributed by atoms with Gasteiger partial charge in [-0.25, -0.2) is 4.68 Å². The number of ether oxygens (including phenoxy) is 2. The zero-order valence-corrected chi connectivity index (χ0v) is 12.0. The highest BCUT2D eigenvalue weighted by atomic mass is 16.7. The Hall–Kier alpha value is -1.93. The second-order valence-electron chi connectivity index (χ2n) is 5.20. The predicted octanol–water partition coefficient (Wildman–Crippen LogP) is -0.00148. The SMILES string of the molecule is Cc1cc(OC2O[C@H](CO)[C@@H](O)[C@H]2O)n(-c2ccccc2)n1. The molecule has 118 valence electrons. The molecule has 2 heterocycles. The van der Waals surface area contributed by atoms with Gasteiger partial charge < -0.3 is 24.8 Å². The number of aliphatic hydroxyl groups excluding tert-OH is 3. The van der Waals surface area contributed by atoms with E-state index in [0.29, 0.717) is 5.88 Å². The molecule has 7 heteroatoms. The number of aryl methyl sites for hydroxylation is 1. The predicted molar refractivity (Wildman–Crippen MR) is 76.7 cm³/mol. The Morgan fingerprint density at radius 2 is 1.95 bits per heavy atom. The van der Waals surface area contributed by atoms with Crippen LogP contribution in [0.1, 0.15) is 5.69 Å². The van der Waals surface area contributed by atoms with Crippen molar-refractivity contribution in [2.24, 2.45) is 0 Å². The number of nitrogens with zero attached hydrogens (tertiary/aromatic N) is 2. The maximum atomic E-state index is 9.95. The number of benzene rings is 1. The van der Waals surface area contributed by atoms with Gasteiger partial charge in [-0.2, -0.15) is 5.10 Å². The molecule has 1 saturated heterocycles. The summed E-state index contributed by atoms with van der Waals surface area (Å²) in [6.07, 6.45) is -4.36. The zero-order valence-electron chi connectivity index (χ0n) is 12.0. The van der Waals surface area contributed by atoms with Crippen LogP contribution in [0.3, 0.4) is 0 Å². The molecule has 1 aromatic heterocycles. The molecule has 1 aliphatic rings. The van der Waals surface area contributed by atoms with Crippen molar-refractivity contribution in [2.75, 3.05) is 6.61 Å². The Bertz CT molecular complexity index is 630. The fourth-order valence-electron chi connectivity index (χ4n) is 2.40. The van der Waals surface area contributed by atoms with Crippen LogP contribution in [0.25, 0.3) is 5.69 Å². The van der Waals surface area contributed by atoms with Gasteiger partial charge in [0.25, 0.3) is 0 Å². The lowest BCUT2D eigenvalue weighted by atomic mass is 10.1. The Kier molecular flexibility index (Phi) is 4.12. The summed E-state index contributed by atoms with van der Waals surface area (Å²) >= 11 is 0. The number of para-hydroxylation sites is 1. The maximum Gasteiger partial charge on any atom is 0.231 e. The Balaban J connectivity index is 1.85. The lowest BCUT2D eigenvalue weighted by molar-refractivity contribution is -0.119. The summed E-state index contributed by atoms with van der Waals surface area (Å²) in [5.41, 5.74) is 1.54. The fourth-order valence-corrected chi connectivity index (χ4v) is 2.40. The molecule has 2 aromatic rings. The van der Waals surface area contributed by atoms with Crippen molar-refractivity contribution >= 4 is 0 Å². The van der Waals surface area contributed by atoms with E-state index < -0.39 is 31.2 Å². The highest BCUT2D eigenvalue weighted by molar-refractivity contribution is 5.35. The van der Waals surface area contributed by atoms with Crippen LogP contribution in [0.4, 0.5) is 0 Å². The third-order valence-corrected chi connectivity index (χ3v) is 3.54. The molecule has 3 rings (SSSR count). The van der Waals surface area contributed by atoms with Crippen LogP contribution in [0, 0.1) is 6.92 Å². The molecule has 7 nitrogen and oxygen atoms in total. The summed E-state index contributed by atoms with van der Waals surface area (Å²) in [4.78, 5) is 0. The van der Waals surface area contributed by atoms with Gasteiger partial charge in [-0.15, -0.1) is 0 Å². The summed E-state index contributed by atoms with van der Waals surface area (Å²) < 4.78 is 12.6. The lowest BCUT2D eigenvalue weighted by Gasteiger charge is -2.17. The standard InChI is InChI=1S/C15H18N2O5/c1-9-7-12(17(16-9)10-5-3-2-4-6-10)22-15-14(20)13(19)11(8-18)21-15/h2-7,11,13-15,18-20H,8H2,1H3/t11-,13-,14-,15?/m1/s1. The lowest BCUT2D eigenvalue weighted by Crippen LogP contribution is -2.35. The quantitative estimate of drug-likeness (QED) is 0.735. The van der Waals surface area contributed by atoms with Crippen LogP contribution < -0.4 is 4.74 Å². The van der Waals surface area contributed by atoms with Crippen molar-refractivity contribution in [3.05, 3.63) is 42.1 Å². The van der Waals surface area contributed by atoms with Crippen LogP contribution in [0.15, 0.2) is 36.4 Å². The molecule has 0 aliphatic carbocycles. The normalized spacial score (nSPS) is 28.0. The zero-order chi connectivity index (χ0) is 15.7. The molecule has 0 bridgehead atoms. The summed E-state index contributed by atoms with van der Waals surface area (Å²) in [5, 5.41) is 33.2. The van der Waals surface area contributed by atoms with Crippen molar-refractivity contribution in [1.82, 2.24) is 9.78 Å². The molecule has 4 atom stereocenters. The summed E-state index contributed by atoms with van der Waals surface area (Å²) in [7, 11) is 0. The maximum absolute atomic E-state index is 9.95. The third kappa shape index (κ3) is 2.71. The summed E-state index contributed by atoms with van der Waals surface area (Å²) in [6.45, 7) is 1.43. The minimum absolute atomic E-state index is 0.388. The highest BCUT2D eigenvalue weighted by Gasteiger charge is 2.44. The summed E-state index contributed by atoms with van der Waals surface area (Å²) in [5.74, 6) is 0.388. The van der Waals surface area contributed by atoms with Gasteiger partial charge in [0, 0.05) is 6.07 Å². The number of aliphatic hydroxyl groups is 3. The monoisotopic (exact) mass is 306 g/mol. The molecule has 1 aliphatic heterocycles. The van der Waals surface area contributed by atoms with Crippen molar-refractivity contribution in [3.63, 3.8) is 0 Å². The average molecular weight is 306 g/mol. The first-order valence-electron chi connectivity index (χ1n) is 7.01. The van der Waals surface area contributed by atoms with E-state index in [9.17, 15) is 10.2 Å². The van der Waals surface area contributed by atoms with Gasteiger partial charge in [0.15, 0.2) is 0 Å². The number of rotatable bonds is 4. The molecule has 1 fully saturated rings. The molecular formula is C15H18N2O5. The van der Waals surface area contributed by atoms with Gasteiger partial charge in [-0.1, -0.05) is 18.2 Å². The molecule has 0 amide bonds. The molecule has 0 saturated carbocycles. The third-order valence-electron chi connectivity index (χ3n) is 3.54. The average Bonchev–Trinajstić information content (AvgIpc) is 3.03. The Morgan fingerprint density at radius 1 is 1.23 bits per heavy atom. The minimum atomic E-state index is -1.24. The minimum Gasteiger partial charge on any atom is -0.445 e. The van der Waals surface area contributed by atoms with Crippen LogP contribution in [-0.4, -0.2) is 56.3 Å². The van der Waals surface area contributed by atoms with E-state index in [1.54, 1.807) is 10.7 Å². The van der Waals surface area contributed by atoms with E-state index in [1.165, 1.54) is 0 Å². The second-order valence-corrected chi connectivity index (χ2v) is 5.20. The smallest absolute Gasteiger partial charge is 0.231 e. The first-order valence-corrected chi connectivity index (χ1v) is 7.01. The van der Waals surface area contributed by atoms with Crippen LogP contribution in [0.2, 0.25) is 0 Å². The van der Waals surface area contributed by atoms with Gasteiger partial charge in [-0.3, -0.25) is 0 Å². The van der Waals surface area contributed by atoms with E-state index in [4.69, 9.17) is 14.6 Å². The van der Waals surface area contributed by atoms with E-state index in [-0.39, 0.29) is 0 Å². The fraction of sp³-hybridized carbons (Fsp3) is 0.400. The second kappa shape index (κ2) is 6.05. The number of hydrogen-bond acceptors (Lipinski definition) is 6. The first kappa shape index (κ1) is 15.0. The van der Waals surface area contributed by atoms with E-state index in [1.807, 2.05) is 37.3 Å². The van der Waals surface area contributed by atoms with Crippen molar-refractivity contribution in [1.29, 1.82) is 0 Å². The molecule has 0 spiro atoms. The largest absolute Gasteiger partial charge is 0.445 e. The molecule has 1 unspecified atom stereocenters. The van der Waals surface area contributed by atoms with Crippen LogP contribution in [0.5, 0.6) is 5.88 Å². The Morgan fingerprint density at radius 3 is 2.59 bits per heavy atom. The van der Waals surface area contributed by atoms with Crippen LogP contribution in [-0.2, 0) is 4.74 Å². The highest BCUT2D eigenvalue weighted by Crippen LogP contribution is 2.26. The number of aromatic nitrogens is 2. The van der Waals surface area contributed by atoms with Crippen molar-refractivity contribution in [2.45, 2.75) is 31.5 Å². The summed E-state index contributed by atoms with van der Waals surface area (Å²) in [6, 6.07) is 11.1. The molecular weight excluding hydrogens is 288 g/mol. The van der Waals surface area contributed by atoms with E-state index in [0.717, 1.165) is 11.4 Å². The number of hydrogen-bond donors (Lipinski definition) is 3. The molecule has 1 aromatic carbocycles. The van der Waals surface area contributed by atoms with E-state index in [2.05, 4.69) is 5.10 Å².